The van der Waals surface area contributed by atoms with Crippen molar-refractivity contribution in [3.8, 4) is 11.8 Å². The zero-order valence-corrected chi connectivity index (χ0v) is 16.9. The zero-order valence-electron chi connectivity index (χ0n) is 16.0. The van der Waals surface area contributed by atoms with Crippen molar-refractivity contribution in [2.45, 2.75) is 25.4 Å². The van der Waals surface area contributed by atoms with E-state index in [0.29, 0.717) is 10.8 Å². The van der Waals surface area contributed by atoms with Gasteiger partial charge in [0, 0.05) is 12.2 Å². The number of tetrazole rings is 1. The number of anilines is 1. The number of amides is 1. The predicted octanol–water partition coefficient (Wildman–Crippen LogP) is 3.46. The van der Waals surface area contributed by atoms with Crippen LogP contribution in [-0.2, 0) is 4.79 Å². The summed E-state index contributed by atoms with van der Waals surface area (Å²) < 4.78 is 14.8. The molecule has 2 aromatic carbocycles. The van der Waals surface area contributed by atoms with E-state index < -0.39 is 0 Å². The fraction of sp³-hybridized carbons (Fsp3) is 0.250. The van der Waals surface area contributed by atoms with Gasteiger partial charge in [0.2, 0.25) is 11.1 Å². The minimum atomic E-state index is -0.386. The Balaban J connectivity index is 1.76. The highest BCUT2D eigenvalue weighted by Crippen LogP contribution is 2.23. The third-order valence-corrected chi connectivity index (χ3v) is 5.14. The number of carbonyl (C=O) groups excluding carboxylic acids is 1. The summed E-state index contributed by atoms with van der Waals surface area (Å²) >= 11 is 1.21. The first-order valence-corrected chi connectivity index (χ1v) is 9.90. The first-order chi connectivity index (χ1) is 14.0. The number of nitrogens with zero attached hydrogens (tertiary/aromatic N) is 6. The van der Waals surface area contributed by atoms with Gasteiger partial charge in [-0.3, -0.25) is 4.79 Å². The molecule has 9 heteroatoms. The summed E-state index contributed by atoms with van der Waals surface area (Å²) in [5.41, 5.74) is 3.54. The molecule has 3 rings (SSSR count). The monoisotopic (exact) mass is 410 g/mol. The molecule has 0 saturated carbocycles. The van der Waals surface area contributed by atoms with E-state index in [1.165, 1.54) is 40.9 Å². The summed E-state index contributed by atoms with van der Waals surface area (Å²) in [6.07, 6.45) is 0.175. The highest BCUT2D eigenvalue weighted by Gasteiger charge is 2.19. The van der Waals surface area contributed by atoms with Crippen LogP contribution in [0, 0.1) is 31.0 Å². The number of halogens is 1. The van der Waals surface area contributed by atoms with Gasteiger partial charge in [-0.05, 0) is 60.2 Å². The molecule has 0 spiro atoms. The lowest BCUT2D eigenvalue weighted by atomic mass is 10.1. The quantitative estimate of drug-likeness (QED) is 0.555. The lowest BCUT2D eigenvalue weighted by Gasteiger charge is -2.21. The van der Waals surface area contributed by atoms with E-state index in [2.05, 4.69) is 15.5 Å². The molecule has 7 nitrogen and oxygen atoms in total. The Labute approximate surface area is 172 Å². The Morgan fingerprint density at radius 2 is 2.00 bits per heavy atom. The average molecular weight is 410 g/mol. The van der Waals surface area contributed by atoms with E-state index >= 15 is 0 Å². The summed E-state index contributed by atoms with van der Waals surface area (Å²) in [6, 6.07) is 13.6. The van der Waals surface area contributed by atoms with Crippen LogP contribution in [0.2, 0.25) is 0 Å². The lowest BCUT2D eigenvalue weighted by molar-refractivity contribution is -0.116. The van der Waals surface area contributed by atoms with Crippen LogP contribution in [0.1, 0.15) is 17.5 Å². The van der Waals surface area contributed by atoms with Gasteiger partial charge in [0.15, 0.2) is 0 Å². The molecule has 1 heterocycles. The van der Waals surface area contributed by atoms with Crippen molar-refractivity contribution in [2.75, 3.05) is 17.2 Å². The molecule has 29 heavy (non-hydrogen) atoms. The van der Waals surface area contributed by atoms with Crippen LogP contribution in [0.25, 0.3) is 5.69 Å². The van der Waals surface area contributed by atoms with E-state index in [1.54, 1.807) is 4.68 Å². The van der Waals surface area contributed by atoms with Crippen molar-refractivity contribution in [2.24, 2.45) is 0 Å². The number of benzene rings is 2. The second-order valence-corrected chi connectivity index (χ2v) is 7.32. The molecule has 0 radical (unpaired) electrons. The van der Waals surface area contributed by atoms with E-state index in [9.17, 15) is 9.18 Å². The molecule has 148 valence electrons. The summed E-state index contributed by atoms with van der Waals surface area (Å²) in [4.78, 5) is 14.3. The second kappa shape index (κ2) is 9.30. The van der Waals surface area contributed by atoms with Crippen LogP contribution in [-0.4, -0.2) is 38.4 Å². The minimum Gasteiger partial charge on any atom is -0.311 e. The van der Waals surface area contributed by atoms with Crippen LogP contribution >= 0.6 is 11.8 Å². The first-order valence-electron chi connectivity index (χ1n) is 8.91. The van der Waals surface area contributed by atoms with Crippen molar-refractivity contribution in [3.05, 3.63) is 59.4 Å². The molecule has 0 N–H and O–H groups in total. The predicted molar refractivity (Wildman–Crippen MR) is 108 cm³/mol. The average Bonchev–Trinajstić information content (AvgIpc) is 3.16. The molecule has 0 bridgehead atoms. The maximum absolute atomic E-state index is 13.2. The van der Waals surface area contributed by atoms with E-state index in [1.807, 2.05) is 38.1 Å². The zero-order chi connectivity index (χ0) is 20.8. The van der Waals surface area contributed by atoms with Crippen molar-refractivity contribution < 1.29 is 9.18 Å². The van der Waals surface area contributed by atoms with Gasteiger partial charge >= 0.3 is 0 Å². The smallest absolute Gasteiger partial charge is 0.237 e. The number of thioether (sulfide) groups is 1. The number of rotatable bonds is 7. The number of aryl methyl sites for hydroxylation is 2. The Bertz CT molecular complexity index is 1040. The molecule has 0 unspecified atom stereocenters. The summed E-state index contributed by atoms with van der Waals surface area (Å²) in [5, 5.41) is 21.2. The Kier molecular flexibility index (Phi) is 6.57. The number of carbonyl (C=O) groups is 1. The molecule has 3 aromatic rings. The standard InChI is InChI=1S/C20H19FN6OS/c1-14-4-9-18(15(2)12-14)27-20(23-24-25-27)29-13-19(28)26(11-3-10-22)17-7-5-16(21)6-8-17/h4-9,12H,3,11,13H2,1-2H3. The molecular weight excluding hydrogens is 391 g/mol. The molecule has 0 aliphatic carbocycles. The van der Waals surface area contributed by atoms with Crippen LogP contribution < -0.4 is 4.90 Å². The van der Waals surface area contributed by atoms with Gasteiger partial charge in [0.1, 0.15) is 5.82 Å². The van der Waals surface area contributed by atoms with Gasteiger partial charge in [-0.2, -0.15) is 9.94 Å². The van der Waals surface area contributed by atoms with Crippen molar-refractivity contribution in [1.82, 2.24) is 20.2 Å². The SMILES string of the molecule is Cc1ccc(-n2nnnc2SCC(=O)N(CCC#N)c2ccc(F)cc2)c(C)c1. The van der Waals surface area contributed by atoms with Crippen molar-refractivity contribution in [1.29, 1.82) is 5.26 Å². The highest BCUT2D eigenvalue weighted by atomic mass is 32.2. The van der Waals surface area contributed by atoms with Gasteiger partial charge < -0.3 is 4.90 Å². The van der Waals surface area contributed by atoms with Crippen LogP contribution in [0.3, 0.4) is 0 Å². The van der Waals surface area contributed by atoms with Gasteiger partial charge in [-0.25, -0.2) is 4.39 Å². The Morgan fingerprint density at radius 3 is 2.69 bits per heavy atom. The van der Waals surface area contributed by atoms with Gasteiger partial charge in [-0.15, -0.1) is 5.10 Å². The number of aromatic nitrogens is 4. The topological polar surface area (TPSA) is 87.7 Å². The van der Waals surface area contributed by atoms with Crippen molar-refractivity contribution in [3.63, 3.8) is 0 Å². The Hall–Kier alpha value is -3.25. The lowest BCUT2D eigenvalue weighted by Crippen LogP contribution is -2.33. The van der Waals surface area contributed by atoms with Gasteiger partial charge in [-0.1, -0.05) is 29.5 Å². The fourth-order valence-corrected chi connectivity index (χ4v) is 3.61. The first kappa shape index (κ1) is 20.5. The number of hydrogen-bond acceptors (Lipinski definition) is 6. The van der Waals surface area contributed by atoms with Crippen LogP contribution in [0.4, 0.5) is 10.1 Å². The maximum Gasteiger partial charge on any atom is 0.237 e. The highest BCUT2D eigenvalue weighted by molar-refractivity contribution is 7.99. The van der Waals surface area contributed by atoms with E-state index in [0.717, 1.165) is 16.8 Å². The third-order valence-electron chi connectivity index (χ3n) is 4.23. The Morgan fingerprint density at radius 1 is 1.24 bits per heavy atom. The molecule has 1 amide bonds. The third kappa shape index (κ3) is 4.97. The molecule has 1 aromatic heterocycles. The number of hydrogen-bond donors (Lipinski definition) is 0. The fourth-order valence-electron chi connectivity index (χ4n) is 2.85. The normalized spacial score (nSPS) is 10.6. The molecule has 0 atom stereocenters. The maximum atomic E-state index is 13.2. The molecule has 0 saturated heterocycles. The summed E-state index contributed by atoms with van der Waals surface area (Å²) in [6.45, 7) is 4.21. The number of nitriles is 1. The van der Waals surface area contributed by atoms with Gasteiger partial charge in [0.05, 0.1) is 23.9 Å². The van der Waals surface area contributed by atoms with Gasteiger partial charge in [0.25, 0.3) is 0 Å². The summed E-state index contributed by atoms with van der Waals surface area (Å²) in [5.74, 6) is -0.524. The molecule has 0 aliphatic rings. The van der Waals surface area contributed by atoms with E-state index in [4.69, 9.17) is 5.26 Å². The largest absolute Gasteiger partial charge is 0.311 e. The van der Waals surface area contributed by atoms with Crippen LogP contribution in [0.15, 0.2) is 47.6 Å². The minimum absolute atomic E-state index is 0.0775. The van der Waals surface area contributed by atoms with E-state index in [-0.39, 0.29) is 30.4 Å². The molecular formula is C20H19FN6OS. The van der Waals surface area contributed by atoms with Crippen LogP contribution in [0.5, 0.6) is 0 Å². The molecule has 0 fully saturated rings. The molecule has 0 aliphatic heterocycles. The van der Waals surface area contributed by atoms with Crippen molar-refractivity contribution >= 4 is 23.4 Å². The summed E-state index contributed by atoms with van der Waals surface area (Å²) in [7, 11) is 0. The second-order valence-electron chi connectivity index (χ2n) is 6.38.